The molecule has 0 spiro atoms. The molecule has 1 saturated heterocycles. The van der Waals surface area contributed by atoms with E-state index >= 15 is 0 Å². The fourth-order valence-electron chi connectivity index (χ4n) is 3.65. The lowest BCUT2D eigenvalue weighted by molar-refractivity contribution is 0.104. The number of carbonyl (C=O) groups excluding carboxylic acids is 1. The van der Waals surface area contributed by atoms with Crippen LogP contribution in [0.25, 0.3) is 11.0 Å². The van der Waals surface area contributed by atoms with Crippen LogP contribution in [0, 0.1) is 0 Å². The number of ketones is 1. The molecule has 3 heterocycles. The molecule has 0 saturated carbocycles. The minimum atomic E-state index is -0.202. The summed E-state index contributed by atoms with van der Waals surface area (Å²) < 4.78 is 11.3. The van der Waals surface area contributed by atoms with Gasteiger partial charge < -0.3 is 19.4 Å². The molecule has 0 aliphatic carbocycles. The zero-order valence-corrected chi connectivity index (χ0v) is 17.3. The average molecular weight is 435 g/mol. The number of aromatic amines is 1. The molecule has 5 rings (SSSR count). The molecule has 0 atom stereocenters. The molecule has 156 valence electrons. The van der Waals surface area contributed by atoms with Gasteiger partial charge in [0.25, 0.3) is 0 Å². The van der Waals surface area contributed by atoms with Gasteiger partial charge >= 0.3 is 0 Å². The van der Waals surface area contributed by atoms with Gasteiger partial charge in [0.2, 0.25) is 0 Å². The Morgan fingerprint density at radius 3 is 2.61 bits per heavy atom. The van der Waals surface area contributed by atoms with Crippen molar-refractivity contribution >= 4 is 34.2 Å². The number of hydrogen-bond acceptors (Lipinski definition) is 6. The van der Waals surface area contributed by atoms with Gasteiger partial charge in [-0.2, -0.15) is 0 Å². The Morgan fingerprint density at radius 2 is 1.84 bits per heavy atom. The third kappa shape index (κ3) is 3.85. The van der Waals surface area contributed by atoms with Crippen LogP contribution in [0.15, 0.2) is 61.1 Å². The van der Waals surface area contributed by atoms with Crippen LogP contribution in [0.1, 0.15) is 15.9 Å². The zero-order valence-electron chi connectivity index (χ0n) is 16.5. The average Bonchev–Trinajstić information content (AvgIpc) is 3.24. The first kappa shape index (κ1) is 19.5. The normalized spacial score (nSPS) is 14.0. The molecule has 31 heavy (non-hydrogen) atoms. The summed E-state index contributed by atoms with van der Waals surface area (Å²) >= 11 is 6.48. The summed E-state index contributed by atoms with van der Waals surface area (Å²) in [5, 5.41) is 1.01. The minimum absolute atomic E-state index is 0.202. The monoisotopic (exact) mass is 434 g/mol. The highest BCUT2D eigenvalue weighted by Gasteiger charge is 2.24. The lowest BCUT2D eigenvalue weighted by atomic mass is 10.0. The lowest BCUT2D eigenvalue weighted by Gasteiger charge is -2.28. The van der Waals surface area contributed by atoms with Crippen molar-refractivity contribution in [2.45, 2.75) is 0 Å². The van der Waals surface area contributed by atoms with Gasteiger partial charge in [-0.25, -0.2) is 9.97 Å². The van der Waals surface area contributed by atoms with E-state index in [2.05, 4.69) is 19.9 Å². The Balaban J connectivity index is 1.49. The quantitative estimate of drug-likeness (QED) is 0.467. The largest absolute Gasteiger partial charge is 0.457 e. The van der Waals surface area contributed by atoms with Gasteiger partial charge in [0.1, 0.15) is 29.3 Å². The number of benzene rings is 2. The number of nitrogens with one attached hydrogen (secondary N) is 1. The Kier molecular flexibility index (Phi) is 5.28. The van der Waals surface area contributed by atoms with Gasteiger partial charge in [0, 0.05) is 30.9 Å². The van der Waals surface area contributed by atoms with Gasteiger partial charge in [-0.3, -0.25) is 4.79 Å². The van der Waals surface area contributed by atoms with E-state index in [0.29, 0.717) is 65.0 Å². The lowest BCUT2D eigenvalue weighted by Crippen LogP contribution is -2.37. The maximum absolute atomic E-state index is 13.4. The van der Waals surface area contributed by atoms with E-state index in [1.807, 2.05) is 30.3 Å². The fraction of sp³-hybridized carbons (Fsp3) is 0.174. The van der Waals surface area contributed by atoms with E-state index < -0.39 is 0 Å². The Hall–Kier alpha value is -3.42. The standard InChI is InChI=1S/C23H19ClN4O3/c24-19-12-16(31-15-4-2-1-3-5-15)6-7-17(19)21(29)18-13-25-22-20(18)23(27-14-26-22)28-8-10-30-11-9-28/h1-7,12-14H,8-11H2,(H,25,26,27). The highest BCUT2D eigenvalue weighted by molar-refractivity contribution is 6.35. The van der Waals surface area contributed by atoms with Crippen LogP contribution >= 0.6 is 11.6 Å². The first-order valence-electron chi connectivity index (χ1n) is 9.92. The van der Waals surface area contributed by atoms with Gasteiger partial charge in [-0.15, -0.1) is 0 Å². The highest BCUT2D eigenvalue weighted by Crippen LogP contribution is 2.32. The van der Waals surface area contributed by atoms with Crippen molar-refractivity contribution in [1.82, 2.24) is 15.0 Å². The minimum Gasteiger partial charge on any atom is -0.457 e. The van der Waals surface area contributed by atoms with E-state index in [4.69, 9.17) is 21.1 Å². The van der Waals surface area contributed by atoms with Gasteiger partial charge in [0.05, 0.1) is 29.2 Å². The molecule has 0 amide bonds. The molecular weight excluding hydrogens is 416 g/mol. The summed E-state index contributed by atoms with van der Waals surface area (Å²) in [7, 11) is 0. The molecule has 0 unspecified atom stereocenters. The molecule has 8 heteroatoms. The first-order chi connectivity index (χ1) is 15.2. The second-order valence-electron chi connectivity index (χ2n) is 7.11. The van der Waals surface area contributed by atoms with Crippen molar-refractivity contribution in [2.75, 3.05) is 31.2 Å². The number of halogens is 1. The summed E-state index contributed by atoms with van der Waals surface area (Å²) in [5.41, 5.74) is 1.48. The molecule has 0 bridgehead atoms. The molecule has 7 nitrogen and oxygen atoms in total. The maximum atomic E-state index is 13.4. The van der Waals surface area contributed by atoms with Crippen molar-refractivity contribution in [3.63, 3.8) is 0 Å². The molecule has 1 fully saturated rings. The fourth-order valence-corrected chi connectivity index (χ4v) is 3.91. The second-order valence-corrected chi connectivity index (χ2v) is 7.52. The molecule has 1 aliphatic heterocycles. The zero-order chi connectivity index (χ0) is 21.2. The number of nitrogens with zero attached hydrogens (tertiary/aromatic N) is 3. The van der Waals surface area contributed by atoms with Crippen molar-refractivity contribution in [2.24, 2.45) is 0 Å². The maximum Gasteiger partial charge on any atom is 0.196 e. The molecule has 2 aromatic heterocycles. The third-order valence-electron chi connectivity index (χ3n) is 5.17. The van der Waals surface area contributed by atoms with Crippen LogP contribution < -0.4 is 9.64 Å². The number of H-pyrrole nitrogens is 1. The Morgan fingerprint density at radius 1 is 1.03 bits per heavy atom. The number of rotatable bonds is 5. The van der Waals surface area contributed by atoms with Gasteiger partial charge in [-0.1, -0.05) is 29.8 Å². The number of para-hydroxylation sites is 1. The molecular formula is C23H19ClN4O3. The van der Waals surface area contributed by atoms with Crippen molar-refractivity contribution in [1.29, 1.82) is 0 Å². The molecule has 1 N–H and O–H groups in total. The SMILES string of the molecule is O=C(c1ccc(Oc2ccccc2)cc1Cl)c1c[nH]c2ncnc(N3CCOCC3)c12. The summed E-state index contributed by atoms with van der Waals surface area (Å²) in [6.45, 7) is 2.65. The number of anilines is 1. The van der Waals surface area contributed by atoms with E-state index in [-0.39, 0.29) is 5.78 Å². The van der Waals surface area contributed by atoms with Crippen LogP contribution in [0.4, 0.5) is 5.82 Å². The second kappa shape index (κ2) is 8.37. The number of morpholine rings is 1. The number of ether oxygens (including phenoxy) is 2. The van der Waals surface area contributed by atoms with Crippen LogP contribution in [0.5, 0.6) is 11.5 Å². The van der Waals surface area contributed by atoms with Crippen LogP contribution in [-0.4, -0.2) is 47.0 Å². The number of carbonyl (C=O) groups is 1. The van der Waals surface area contributed by atoms with E-state index in [1.165, 1.54) is 6.33 Å². The van der Waals surface area contributed by atoms with Gasteiger partial charge in [0.15, 0.2) is 5.78 Å². The topological polar surface area (TPSA) is 80.3 Å². The first-order valence-corrected chi connectivity index (χ1v) is 10.3. The summed E-state index contributed by atoms with van der Waals surface area (Å²) in [6, 6.07) is 14.5. The van der Waals surface area contributed by atoms with E-state index in [9.17, 15) is 4.79 Å². The van der Waals surface area contributed by atoms with Crippen molar-refractivity contribution in [3.05, 3.63) is 77.2 Å². The Labute approximate surface area is 183 Å². The number of fused-ring (bicyclic) bond motifs is 1. The van der Waals surface area contributed by atoms with Crippen LogP contribution in [0.3, 0.4) is 0 Å². The van der Waals surface area contributed by atoms with Crippen LogP contribution in [0.2, 0.25) is 5.02 Å². The highest BCUT2D eigenvalue weighted by atomic mass is 35.5. The molecule has 1 aliphatic rings. The van der Waals surface area contributed by atoms with Crippen molar-refractivity contribution in [3.8, 4) is 11.5 Å². The summed E-state index contributed by atoms with van der Waals surface area (Å²) in [6.07, 6.45) is 3.16. The van der Waals surface area contributed by atoms with E-state index in [0.717, 1.165) is 5.82 Å². The Bertz CT molecular complexity index is 1240. The third-order valence-corrected chi connectivity index (χ3v) is 5.48. The molecule has 0 radical (unpaired) electrons. The molecule has 2 aromatic carbocycles. The predicted octanol–water partition coefficient (Wildman–Crippen LogP) is 4.47. The molecule has 4 aromatic rings. The van der Waals surface area contributed by atoms with Crippen molar-refractivity contribution < 1.29 is 14.3 Å². The summed E-state index contributed by atoms with van der Waals surface area (Å²) in [5.74, 6) is 1.77. The smallest absolute Gasteiger partial charge is 0.196 e. The number of hydrogen-bond donors (Lipinski definition) is 1. The predicted molar refractivity (Wildman–Crippen MR) is 118 cm³/mol. The summed E-state index contributed by atoms with van der Waals surface area (Å²) in [4.78, 5) is 27.3. The van der Waals surface area contributed by atoms with E-state index in [1.54, 1.807) is 24.4 Å². The van der Waals surface area contributed by atoms with Gasteiger partial charge in [-0.05, 0) is 24.3 Å². The number of aromatic nitrogens is 3. The van der Waals surface area contributed by atoms with Crippen LogP contribution in [-0.2, 0) is 4.74 Å².